The quantitative estimate of drug-likeness (QED) is 0.794. The molecule has 1 aliphatic heterocycles. The van der Waals surface area contributed by atoms with Gasteiger partial charge < -0.3 is 19.7 Å². The molecule has 1 amide bonds. The normalized spacial score (nSPS) is 20.0. The van der Waals surface area contributed by atoms with Crippen molar-refractivity contribution in [3.05, 3.63) is 59.7 Å². The minimum absolute atomic E-state index is 0.00264. The van der Waals surface area contributed by atoms with Crippen molar-refractivity contribution in [3.63, 3.8) is 0 Å². The topological polar surface area (TPSA) is 50.8 Å². The minimum Gasteiger partial charge on any atom is -0.491 e. The average molecular weight is 368 g/mol. The number of nitrogens with zero attached hydrogens (tertiary/aromatic N) is 1. The van der Waals surface area contributed by atoms with Crippen LogP contribution >= 0.6 is 0 Å². The first-order valence-corrected chi connectivity index (χ1v) is 9.45. The Labute approximate surface area is 161 Å². The van der Waals surface area contributed by atoms with Gasteiger partial charge in [0.1, 0.15) is 11.4 Å². The zero-order valence-corrected chi connectivity index (χ0v) is 16.5. The second kappa shape index (κ2) is 8.01. The van der Waals surface area contributed by atoms with Crippen LogP contribution in [-0.2, 0) is 10.4 Å². The van der Waals surface area contributed by atoms with E-state index < -0.39 is 5.66 Å². The van der Waals surface area contributed by atoms with Crippen molar-refractivity contribution in [1.82, 2.24) is 4.90 Å². The van der Waals surface area contributed by atoms with Crippen LogP contribution in [0.3, 0.4) is 0 Å². The molecule has 2 unspecified atom stereocenters. The molecule has 0 saturated carbocycles. The number of hydrogen-bond donors (Lipinski definition) is 1. The fraction of sp³-hybridized carbons (Fsp3) is 0.409. The van der Waals surface area contributed by atoms with Gasteiger partial charge in [0, 0.05) is 24.9 Å². The maximum atomic E-state index is 13.2. The third kappa shape index (κ3) is 3.78. The standard InChI is InChI=1S/C22H28N2O3/c1-5-16(2)27-18-10-8-9-17(15-18)22(3)23-20-12-7-6-11-19(20)21(25)24(22)13-14-26-4/h6-12,15-16,23H,5,13-14H2,1-4H3. The van der Waals surface area contributed by atoms with Gasteiger partial charge in [-0.3, -0.25) is 4.79 Å². The molecular weight excluding hydrogens is 340 g/mol. The van der Waals surface area contributed by atoms with Crippen LogP contribution in [0.15, 0.2) is 48.5 Å². The summed E-state index contributed by atoms with van der Waals surface area (Å²) in [4.78, 5) is 15.1. The van der Waals surface area contributed by atoms with Gasteiger partial charge in [-0.25, -0.2) is 0 Å². The predicted octanol–water partition coefficient (Wildman–Crippen LogP) is 4.25. The van der Waals surface area contributed by atoms with Crippen LogP contribution in [0.2, 0.25) is 0 Å². The summed E-state index contributed by atoms with van der Waals surface area (Å²) in [6.07, 6.45) is 1.07. The highest BCUT2D eigenvalue weighted by Gasteiger charge is 2.42. The summed E-state index contributed by atoms with van der Waals surface area (Å²) in [5.41, 5.74) is 1.80. The van der Waals surface area contributed by atoms with Gasteiger partial charge in [-0.1, -0.05) is 31.2 Å². The molecule has 0 spiro atoms. The lowest BCUT2D eigenvalue weighted by Crippen LogP contribution is -2.56. The number of rotatable bonds is 7. The van der Waals surface area contributed by atoms with Crippen LogP contribution in [-0.4, -0.2) is 37.2 Å². The van der Waals surface area contributed by atoms with Crippen molar-refractivity contribution >= 4 is 11.6 Å². The lowest BCUT2D eigenvalue weighted by atomic mass is 9.93. The zero-order valence-electron chi connectivity index (χ0n) is 16.5. The van der Waals surface area contributed by atoms with Gasteiger partial charge in [-0.15, -0.1) is 0 Å². The van der Waals surface area contributed by atoms with Crippen LogP contribution in [0.4, 0.5) is 5.69 Å². The molecule has 0 aliphatic carbocycles. The van der Waals surface area contributed by atoms with Gasteiger partial charge in [0.15, 0.2) is 0 Å². The molecule has 0 fully saturated rings. The van der Waals surface area contributed by atoms with Gasteiger partial charge in [-0.05, 0) is 44.5 Å². The molecule has 0 bridgehead atoms. The summed E-state index contributed by atoms with van der Waals surface area (Å²) >= 11 is 0. The van der Waals surface area contributed by atoms with Crippen LogP contribution in [0.25, 0.3) is 0 Å². The van der Waals surface area contributed by atoms with Crippen molar-refractivity contribution in [2.75, 3.05) is 25.6 Å². The molecule has 1 N–H and O–H groups in total. The first-order chi connectivity index (χ1) is 13.0. The molecule has 27 heavy (non-hydrogen) atoms. The lowest BCUT2D eigenvalue weighted by Gasteiger charge is -2.46. The number of anilines is 1. The molecule has 5 nitrogen and oxygen atoms in total. The number of hydrogen-bond acceptors (Lipinski definition) is 4. The molecule has 5 heteroatoms. The average Bonchev–Trinajstić information content (AvgIpc) is 2.68. The fourth-order valence-corrected chi connectivity index (χ4v) is 3.38. The number of methoxy groups -OCH3 is 1. The number of carbonyl (C=O) groups is 1. The van der Waals surface area contributed by atoms with E-state index in [2.05, 4.69) is 19.2 Å². The van der Waals surface area contributed by atoms with E-state index in [1.807, 2.05) is 60.4 Å². The van der Waals surface area contributed by atoms with E-state index in [0.717, 1.165) is 23.4 Å². The Hall–Kier alpha value is -2.53. The van der Waals surface area contributed by atoms with E-state index in [4.69, 9.17) is 9.47 Å². The van der Waals surface area contributed by atoms with Gasteiger partial charge in [0.25, 0.3) is 5.91 Å². The molecule has 2 atom stereocenters. The molecule has 144 valence electrons. The minimum atomic E-state index is -0.696. The highest BCUT2D eigenvalue weighted by molar-refractivity contribution is 6.02. The molecular formula is C22H28N2O3. The monoisotopic (exact) mass is 368 g/mol. The second-order valence-electron chi connectivity index (χ2n) is 7.06. The second-order valence-corrected chi connectivity index (χ2v) is 7.06. The fourth-order valence-electron chi connectivity index (χ4n) is 3.38. The molecule has 2 aromatic carbocycles. The largest absolute Gasteiger partial charge is 0.491 e. The Balaban J connectivity index is 2.02. The van der Waals surface area contributed by atoms with E-state index in [0.29, 0.717) is 18.7 Å². The van der Waals surface area contributed by atoms with Crippen molar-refractivity contribution in [2.24, 2.45) is 0 Å². The summed E-state index contributed by atoms with van der Waals surface area (Å²) in [7, 11) is 1.65. The van der Waals surface area contributed by atoms with Gasteiger partial charge in [0.2, 0.25) is 0 Å². The summed E-state index contributed by atoms with van der Waals surface area (Å²) in [5, 5.41) is 3.57. The molecule has 0 saturated heterocycles. The summed E-state index contributed by atoms with van der Waals surface area (Å²) in [5.74, 6) is 0.806. The van der Waals surface area contributed by atoms with Crippen molar-refractivity contribution in [1.29, 1.82) is 0 Å². The number of amides is 1. The van der Waals surface area contributed by atoms with E-state index in [1.165, 1.54) is 0 Å². The maximum Gasteiger partial charge on any atom is 0.258 e. The Bertz CT molecular complexity index is 808. The predicted molar refractivity (Wildman–Crippen MR) is 107 cm³/mol. The van der Waals surface area contributed by atoms with Crippen LogP contribution in [0.5, 0.6) is 5.75 Å². The van der Waals surface area contributed by atoms with Gasteiger partial charge in [0.05, 0.1) is 18.3 Å². The van der Waals surface area contributed by atoms with Crippen molar-refractivity contribution in [3.8, 4) is 5.75 Å². The highest BCUT2D eigenvalue weighted by atomic mass is 16.5. The Kier molecular flexibility index (Phi) is 5.71. The molecule has 2 aromatic rings. The first kappa shape index (κ1) is 19.2. The van der Waals surface area contributed by atoms with E-state index in [9.17, 15) is 4.79 Å². The summed E-state index contributed by atoms with van der Waals surface area (Å²) in [6.45, 7) is 7.13. The smallest absolute Gasteiger partial charge is 0.258 e. The number of carbonyl (C=O) groups excluding carboxylic acids is 1. The van der Waals surface area contributed by atoms with Crippen LogP contribution in [0, 0.1) is 0 Å². The summed E-state index contributed by atoms with van der Waals surface area (Å²) < 4.78 is 11.3. The Morgan fingerprint density at radius 3 is 2.70 bits per heavy atom. The first-order valence-electron chi connectivity index (χ1n) is 9.45. The third-order valence-corrected chi connectivity index (χ3v) is 5.15. The van der Waals surface area contributed by atoms with Crippen LogP contribution in [0.1, 0.15) is 43.1 Å². The molecule has 1 heterocycles. The number of benzene rings is 2. The molecule has 0 radical (unpaired) electrons. The van der Waals surface area contributed by atoms with Gasteiger partial charge in [-0.2, -0.15) is 0 Å². The number of fused-ring (bicyclic) bond motifs is 1. The Morgan fingerprint density at radius 1 is 1.19 bits per heavy atom. The zero-order chi connectivity index (χ0) is 19.4. The number of nitrogens with one attached hydrogen (secondary N) is 1. The summed E-state index contributed by atoms with van der Waals surface area (Å²) in [6, 6.07) is 15.6. The van der Waals surface area contributed by atoms with E-state index in [1.54, 1.807) is 7.11 Å². The molecule has 1 aliphatic rings. The number of para-hydroxylation sites is 1. The highest BCUT2D eigenvalue weighted by Crippen LogP contribution is 2.38. The molecule has 3 rings (SSSR count). The Morgan fingerprint density at radius 2 is 1.96 bits per heavy atom. The molecule has 0 aromatic heterocycles. The van der Waals surface area contributed by atoms with Crippen LogP contribution < -0.4 is 10.1 Å². The van der Waals surface area contributed by atoms with Gasteiger partial charge >= 0.3 is 0 Å². The van der Waals surface area contributed by atoms with E-state index in [-0.39, 0.29) is 12.0 Å². The van der Waals surface area contributed by atoms with Crippen molar-refractivity contribution in [2.45, 2.75) is 39.0 Å². The maximum absolute atomic E-state index is 13.2. The lowest BCUT2D eigenvalue weighted by molar-refractivity contribution is 0.0437. The SMILES string of the molecule is CCC(C)Oc1cccc(C2(C)Nc3ccccc3C(=O)N2CCOC)c1. The van der Waals surface area contributed by atoms with E-state index >= 15 is 0 Å². The number of ether oxygens (including phenoxy) is 2. The van der Waals surface area contributed by atoms with Crippen molar-refractivity contribution < 1.29 is 14.3 Å². The third-order valence-electron chi connectivity index (χ3n) is 5.15.